The summed E-state index contributed by atoms with van der Waals surface area (Å²) in [6.45, 7) is 3.37. The standard InChI is InChI=1S/C19H22N2O5S/c1-14(22)16-7-9-19(10-8-16)27(24,25)20-11-4-12-26-18-6-3-5-17(13-18)21-15(2)23/h3,5-10,13,20H,4,11-12H2,1-2H3,(H,21,23). The molecule has 0 saturated carbocycles. The van der Waals surface area contributed by atoms with Crippen molar-refractivity contribution >= 4 is 27.4 Å². The van der Waals surface area contributed by atoms with E-state index in [9.17, 15) is 18.0 Å². The van der Waals surface area contributed by atoms with Crippen LogP contribution < -0.4 is 14.8 Å². The maximum atomic E-state index is 12.2. The van der Waals surface area contributed by atoms with E-state index in [1.807, 2.05) is 0 Å². The number of carbonyl (C=O) groups excluding carboxylic acids is 2. The Morgan fingerprint density at radius 3 is 2.37 bits per heavy atom. The Bertz CT molecular complexity index is 908. The number of nitrogens with one attached hydrogen (secondary N) is 2. The van der Waals surface area contributed by atoms with Crippen LogP contribution in [0.15, 0.2) is 53.4 Å². The summed E-state index contributed by atoms with van der Waals surface area (Å²) in [6.07, 6.45) is 0.467. The maximum Gasteiger partial charge on any atom is 0.240 e. The molecule has 2 rings (SSSR count). The van der Waals surface area contributed by atoms with Crippen LogP contribution in [0.5, 0.6) is 5.75 Å². The van der Waals surface area contributed by atoms with Crippen molar-refractivity contribution in [3.05, 3.63) is 54.1 Å². The Kier molecular flexibility index (Phi) is 7.09. The minimum absolute atomic E-state index is 0.108. The lowest BCUT2D eigenvalue weighted by molar-refractivity contribution is -0.114. The molecule has 2 N–H and O–H groups in total. The topological polar surface area (TPSA) is 102 Å². The van der Waals surface area contributed by atoms with Gasteiger partial charge < -0.3 is 10.1 Å². The number of hydrogen-bond acceptors (Lipinski definition) is 5. The summed E-state index contributed by atoms with van der Waals surface area (Å²) in [7, 11) is -3.63. The molecule has 0 radical (unpaired) electrons. The summed E-state index contributed by atoms with van der Waals surface area (Å²) >= 11 is 0. The van der Waals surface area contributed by atoms with Crippen molar-refractivity contribution in [1.29, 1.82) is 0 Å². The van der Waals surface area contributed by atoms with Gasteiger partial charge in [-0.05, 0) is 37.6 Å². The summed E-state index contributed by atoms with van der Waals surface area (Å²) in [5, 5.41) is 2.66. The first kappa shape index (κ1) is 20.6. The Morgan fingerprint density at radius 2 is 1.74 bits per heavy atom. The third kappa shape index (κ3) is 6.50. The van der Waals surface area contributed by atoms with E-state index in [2.05, 4.69) is 10.0 Å². The third-order valence-electron chi connectivity index (χ3n) is 3.61. The number of sulfonamides is 1. The van der Waals surface area contributed by atoms with Crippen LogP contribution in [0.2, 0.25) is 0 Å². The van der Waals surface area contributed by atoms with Gasteiger partial charge in [-0.3, -0.25) is 9.59 Å². The first-order chi connectivity index (χ1) is 12.8. The Balaban J connectivity index is 1.80. The molecule has 0 saturated heterocycles. The molecule has 8 heteroatoms. The van der Waals surface area contributed by atoms with Crippen molar-refractivity contribution in [1.82, 2.24) is 4.72 Å². The van der Waals surface area contributed by atoms with E-state index < -0.39 is 10.0 Å². The average molecular weight is 390 g/mol. The van der Waals surface area contributed by atoms with Crippen LogP contribution >= 0.6 is 0 Å². The van der Waals surface area contributed by atoms with E-state index >= 15 is 0 Å². The van der Waals surface area contributed by atoms with Gasteiger partial charge in [-0.25, -0.2) is 13.1 Å². The molecule has 0 bridgehead atoms. The van der Waals surface area contributed by atoms with Gasteiger partial charge in [0.25, 0.3) is 0 Å². The summed E-state index contributed by atoms with van der Waals surface area (Å²) in [5.74, 6) is 0.299. The molecule has 0 unspecified atom stereocenters. The van der Waals surface area contributed by atoms with Crippen LogP contribution in [0.1, 0.15) is 30.6 Å². The highest BCUT2D eigenvalue weighted by atomic mass is 32.2. The first-order valence-electron chi connectivity index (χ1n) is 8.39. The van der Waals surface area contributed by atoms with E-state index in [-0.39, 0.29) is 23.1 Å². The number of ketones is 1. The van der Waals surface area contributed by atoms with Crippen molar-refractivity contribution < 1.29 is 22.7 Å². The molecule has 0 aliphatic carbocycles. The predicted octanol–water partition coefficient (Wildman–Crippen LogP) is 2.60. The zero-order valence-corrected chi connectivity index (χ0v) is 16.0. The van der Waals surface area contributed by atoms with Gasteiger partial charge in [0.2, 0.25) is 15.9 Å². The van der Waals surface area contributed by atoms with Crippen molar-refractivity contribution in [2.24, 2.45) is 0 Å². The lowest BCUT2D eigenvalue weighted by Crippen LogP contribution is -2.25. The van der Waals surface area contributed by atoms with Crippen LogP contribution in [-0.2, 0) is 14.8 Å². The normalized spacial score (nSPS) is 11.0. The van der Waals surface area contributed by atoms with E-state index in [1.54, 1.807) is 24.3 Å². The second-order valence-corrected chi connectivity index (χ2v) is 7.66. The second kappa shape index (κ2) is 9.29. The molecule has 0 spiro atoms. The van der Waals surface area contributed by atoms with Crippen molar-refractivity contribution in [3.8, 4) is 5.75 Å². The van der Waals surface area contributed by atoms with Gasteiger partial charge >= 0.3 is 0 Å². The average Bonchev–Trinajstić information content (AvgIpc) is 2.61. The zero-order valence-electron chi connectivity index (χ0n) is 15.2. The Morgan fingerprint density at radius 1 is 1.04 bits per heavy atom. The quantitative estimate of drug-likeness (QED) is 0.506. The van der Waals surface area contributed by atoms with Crippen molar-refractivity contribution in [3.63, 3.8) is 0 Å². The van der Waals surface area contributed by atoms with Gasteiger partial charge in [0.1, 0.15) is 5.75 Å². The SMILES string of the molecule is CC(=O)Nc1cccc(OCCCNS(=O)(=O)c2ccc(C(C)=O)cc2)c1. The zero-order chi connectivity index (χ0) is 19.9. The molecule has 1 amide bonds. The Labute approximate surface area is 158 Å². The number of anilines is 1. The first-order valence-corrected chi connectivity index (χ1v) is 9.87. The minimum atomic E-state index is -3.63. The predicted molar refractivity (Wildman–Crippen MR) is 102 cm³/mol. The summed E-state index contributed by atoms with van der Waals surface area (Å²) in [4.78, 5) is 22.4. The molecule has 2 aromatic rings. The number of carbonyl (C=O) groups is 2. The number of hydrogen-bond donors (Lipinski definition) is 2. The maximum absolute atomic E-state index is 12.2. The highest BCUT2D eigenvalue weighted by Crippen LogP contribution is 2.17. The second-order valence-electron chi connectivity index (χ2n) is 5.89. The molecular weight excluding hydrogens is 368 g/mol. The fraction of sp³-hybridized carbons (Fsp3) is 0.263. The molecule has 0 aromatic heterocycles. The van der Waals surface area contributed by atoms with Crippen LogP contribution in [-0.4, -0.2) is 33.3 Å². The Hall–Kier alpha value is -2.71. The van der Waals surface area contributed by atoms with Gasteiger partial charge in [-0.1, -0.05) is 18.2 Å². The van der Waals surface area contributed by atoms with Gasteiger partial charge in [-0.2, -0.15) is 0 Å². The lowest BCUT2D eigenvalue weighted by atomic mass is 10.2. The highest BCUT2D eigenvalue weighted by molar-refractivity contribution is 7.89. The molecule has 144 valence electrons. The van der Waals surface area contributed by atoms with Gasteiger partial charge in [-0.15, -0.1) is 0 Å². The van der Waals surface area contributed by atoms with E-state index in [4.69, 9.17) is 4.74 Å². The van der Waals surface area contributed by atoms with Crippen molar-refractivity contribution in [2.75, 3.05) is 18.5 Å². The van der Waals surface area contributed by atoms with E-state index in [0.29, 0.717) is 30.0 Å². The highest BCUT2D eigenvalue weighted by Gasteiger charge is 2.13. The van der Waals surface area contributed by atoms with Crippen LogP contribution in [0.3, 0.4) is 0 Å². The van der Waals surface area contributed by atoms with Gasteiger partial charge in [0.05, 0.1) is 11.5 Å². The molecular formula is C19H22N2O5S. The minimum Gasteiger partial charge on any atom is -0.493 e. The largest absolute Gasteiger partial charge is 0.493 e. The van der Waals surface area contributed by atoms with Crippen LogP contribution in [0, 0.1) is 0 Å². The fourth-order valence-corrected chi connectivity index (χ4v) is 3.36. The molecule has 0 aliphatic heterocycles. The summed E-state index contributed by atoms with van der Waals surface area (Å²) < 4.78 is 32.5. The summed E-state index contributed by atoms with van der Waals surface area (Å²) in [6, 6.07) is 12.7. The fourth-order valence-electron chi connectivity index (χ4n) is 2.29. The van der Waals surface area contributed by atoms with Crippen LogP contribution in [0.25, 0.3) is 0 Å². The summed E-state index contributed by atoms with van der Waals surface area (Å²) in [5.41, 5.74) is 1.10. The molecule has 0 heterocycles. The monoisotopic (exact) mass is 390 g/mol. The number of ether oxygens (including phenoxy) is 1. The molecule has 7 nitrogen and oxygen atoms in total. The van der Waals surface area contributed by atoms with Crippen molar-refractivity contribution in [2.45, 2.75) is 25.2 Å². The molecule has 2 aromatic carbocycles. The number of amides is 1. The lowest BCUT2D eigenvalue weighted by Gasteiger charge is -2.10. The molecule has 0 fully saturated rings. The van der Waals surface area contributed by atoms with Gasteiger partial charge in [0, 0.05) is 30.8 Å². The molecule has 0 atom stereocenters. The number of benzene rings is 2. The molecule has 27 heavy (non-hydrogen) atoms. The number of Topliss-reactive ketones (excluding diaryl/α,β-unsaturated/α-hetero) is 1. The third-order valence-corrected chi connectivity index (χ3v) is 5.08. The number of rotatable bonds is 9. The van der Waals surface area contributed by atoms with Crippen LogP contribution in [0.4, 0.5) is 5.69 Å². The smallest absolute Gasteiger partial charge is 0.240 e. The van der Waals surface area contributed by atoms with Gasteiger partial charge in [0.15, 0.2) is 5.78 Å². The van der Waals surface area contributed by atoms with E-state index in [1.165, 1.54) is 38.1 Å². The molecule has 0 aliphatic rings. The van der Waals surface area contributed by atoms with E-state index in [0.717, 1.165) is 0 Å².